The van der Waals surface area contributed by atoms with Crippen LogP contribution in [-0.2, 0) is 6.54 Å². The van der Waals surface area contributed by atoms with Gasteiger partial charge in [-0.1, -0.05) is 47.1 Å². The van der Waals surface area contributed by atoms with E-state index in [1.165, 1.54) is 0 Å². The van der Waals surface area contributed by atoms with Crippen molar-refractivity contribution < 1.29 is 4.79 Å². The minimum atomic E-state index is -0.276. The Bertz CT molecular complexity index is 949. The second kappa shape index (κ2) is 6.75. The standard InChI is InChI=1S/C18H13Cl2N3OS/c19-12-4-5-14(15(20)9-12)17(24)21-13-3-1-2-11(8-13)16-10-23-6-7-25-18(23)22-16/h1-5,8-10H,6-7H2,(H,21,24). The lowest BCUT2D eigenvalue weighted by atomic mass is 10.1. The molecule has 1 aliphatic heterocycles. The molecular weight excluding hydrogens is 377 g/mol. The van der Waals surface area contributed by atoms with Crippen molar-refractivity contribution in [1.29, 1.82) is 0 Å². The van der Waals surface area contributed by atoms with Crippen molar-refractivity contribution in [3.8, 4) is 11.3 Å². The Balaban J connectivity index is 1.58. The zero-order chi connectivity index (χ0) is 17.4. The number of benzene rings is 2. The lowest BCUT2D eigenvalue weighted by molar-refractivity contribution is 0.102. The van der Waals surface area contributed by atoms with Gasteiger partial charge in [0.1, 0.15) is 0 Å². The maximum absolute atomic E-state index is 12.4. The van der Waals surface area contributed by atoms with Crippen molar-refractivity contribution in [2.24, 2.45) is 0 Å². The molecule has 1 amide bonds. The van der Waals surface area contributed by atoms with Crippen LogP contribution in [0.1, 0.15) is 10.4 Å². The number of carbonyl (C=O) groups is 1. The van der Waals surface area contributed by atoms with Gasteiger partial charge in [0.2, 0.25) is 0 Å². The minimum absolute atomic E-state index is 0.276. The van der Waals surface area contributed by atoms with Gasteiger partial charge in [0.25, 0.3) is 5.91 Å². The molecule has 0 aliphatic carbocycles. The quantitative estimate of drug-likeness (QED) is 0.668. The van der Waals surface area contributed by atoms with E-state index < -0.39 is 0 Å². The molecule has 0 saturated carbocycles. The lowest BCUT2D eigenvalue weighted by Crippen LogP contribution is -2.12. The summed E-state index contributed by atoms with van der Waals surface area (Å²) in [6, 6.07) is 12.4. The summed E-state index contributed by atoms with van der Waals surface area (Å²) in [6.45, 7) is 0.985. The summed E-state index contributed by atoms with van der Waals surface area (Å²) in [4.78, 5) is 17.1. The first-order chi connectivity index (χ1) is 12.1. The fraction of sp³-hybridized carbons (Fsp3) is 0.111. The Kier molecular flexibility index (Phi) is 4.46. The van der Waals surface area contributed by atoms with E-state index in [4.69, 9.17) is 23.2 Å². The lowest BCUT2D eigenvalue weighted by Gasteiger charge is -2.08. The number of amides is 1. The van der Waals surface area contributed by atoms with Gasteiger partial charge < -0.3 is 9.88 Å². The van der Waals surface area contributed by atoms with Gasteiger partial charge in [0, 0.05) is 34.8 Å². The van der Waals surface area contributed by atoms with Gasteiger partial charge >= 0.3 is 0 Å². The molecule has 1 aromatic heterocycles. The van der Waals surface area contributed by atoms with Crippen LogP contribution >= 0.6 is 35.0 Å². The molecule has 2 heterocycles. The summed E-state index contributed by atoms with van der Waals surface area (Å²) < 4.78 is 2.15. The van der Waals surface area contributed by atoms with Gasteiger partial charge in [-0.05, 0) is 30.3 Å². The summed E-state index contributed by atoms with van der Waals surface area (Å²) in [6.07, 6.45) is 2.05. The fourth-order valence-electron chi connectivity index (χ4n) is 2.68. The van der Waals surface area contributed by atoms with Gasteiger partial charge in [0.05, 0.1) is 16.3 Å². The molecule has 3 aromatic rings. The second-order valence-electron chi connectivity index (χ2n) is 5.61. The van der Waals surface area contributed by atoms with E-state index in [2.05, 4.69) is 14.9 Å². The number of fused-ring (bicyclic) bond motifs is 1. The number of nitrogens with zero attached hydrogens (tertiary/aromatic N) is 2. The SMILES string of the molecule is O=C(Nc1cccc(-c2cn3c(n2)SCC3)c1)c1ccc(Cl)cc1Cl. The van der Waals surface area contributed by atoms with Gasteiger partial charge in [-0.2, -0.15) is 0 Å². The monoisotopic (exact) mass is 389 g/mol. The third-order valence-electron chi connectivity index (χ3n) is 3.90. The highest BCUT2D eigenvalue weighted by molar-refractivity contribution is 7.99. The third kappa shape index (κ3) is 3.40. The van der Waals surface area contributed by atoms with Gasteiger partial charge in [-0.25, -0.2) is 4.98 Å². The van der Waals surface area contributed by atoms with E-state index in [9.17, 15) is 4.79 Å². The number of anilines is 1. The Morgan fingerprint density at radius 1 is 1.20 bits per heavy atom. The van der Waals surface area contributed by atoms with Crippen LogP contribution in [0.3, 0.4) is 0 Å². The van der Waals surface area contributed by atoms with Crippen molar-refractivity contribution in [2.75, 3.05) is 11.1 Å². The molecule has 1 N–H and O–H groups in total. The highest BCUT2D eigenvalue weighted by Gasteiger charge is 2.16. The summed E-state index contributed by atoms with van der Waals surface area (Å²) in [5, 5.41) is 4.73. The molecule has 0 fully saturated rings. The molecule has 1 aliphatic rings. The number of nitrogens with one attached hydrogen (secondary N) is 1. The Hall–Kier alpha value is -1.95. The Morgan fingerprint density at radius 2 is 2.08 bits per heavy atom. The molecular formula is C18H13Cl2N3OS. The molecule has 0 spiro atoms. The van der Waals surface area contributed by atoms with E-state index in [0.29, 0.717) is 21.3 Å². The van der Waals surface area contributed by atoms with Crippen molar-refractivity contribution in [1.82, 2.24) is 9.55 Å². The van der Waals surface area contributed by atoms with E-state index in [0.717, 1.165) is 28.7 Å². The number of aryl methyl sites for hydroxylation is 1. The second-order valence-corrected chi connectivity index (χ2v) is 7.52. The van der Waals surface area contributed by atoms with Crippen LogP contribution in [0.15, 0.2) is 53.8 Å². The summed E-state index contributed by atoms with van der Waals surface area (Å²) in [7, 11) is 0. The van der Waals surface area contributed by atoms with Gasteiger partial charge in [0.15, 0.2) is 5.16 Å². The largest absolute Gasteiger partial charge is 0.325 e. The van der Waals surface area contributed by atoms with Crippen LogP contribution in [0.25, 0.3) is 11.3 Å². The van der Waals surface area contributed by atoms with Crippen LogP contribution in [0.2, 0.25) is 10.0 Å². The fourth-order valence-corrected chi connectivity index (χ4v) is 4.11. The number of imidazole rings is 1. The number of rotatable bonds is 3. The molecule has 0 radical (unpaired) electrons. The highest BCUT2D eigenvalue weighted by atomic mass is 35.5. The minimum Gasteiger partial charge on any atom is -0.325 e. The number of hydrogen-bond acceptors (Lipinski definition) is 3. The van der Waals surface area contributed by atoms with Crippen molar-refractivity contribution >= 4 is 46.6 Å². The molecule has 4 nitrogen and oxygen atoms in total. The van der Waals surface area contributed by atoms with Crippen LogP contribution < -0.4 is 5.32 Å². The number of aromatic nitrogens is 2. The molecule has 2 aromatic carbocycles. The van der Waals surface area contributed by atoms with Crippen molar-refractivity contribution in [3.63, 3.8) is 0 Å². The average Bonchev–Trinajstić information content (AvgIpc) is 3.16. The number of thioether (sulfide) groups is 1. The van der Waals surface area contributed by atoms with Gasteiger partial charge in [-0.3, -0.25) is 4.79 Å². The van der Waals surface area contributed by atoms with Crippen molar-refractivity contribution in [3.05, 3.63) is 64.3 Å². The maximum Gasteiger partial charge on any atom is 0.257 e. The van der Waals surface area contributed by atoms with E-state index in [1.54, 1.807) is 30.0 Å². The molecule has 126 valence electrons. The van der Waals surface area contributed by atoms with Crippen LogP contribution in [0.5, 0.6) is 0 Å². The van der Waals surface area contributed by atoms with Crippen LogP contribution in [0.4, 0.5) is 5.69 Å². The third-order valence-corrected chi connectivity index (χ3v) is 5.41. The summed E-state index contributed by atoms with van der Waals surface area (Å²) in [5.41, 5.74) is 2.94. The van der Waals surface area contributed by atoms with Crippen molar-refractivity contribution in [2.45, 2.75) is 11.7 Å². The number of hydrogen-bond donors (Lipinski definition) is 1. The molecule has 0 saturated heterocycles. The van der Waals surface area contributed by atoms with E-state index >= 15 is 0 Å². The molecule has 4 rings (SSSR count). The van der Waals surface area contributed by atoms with Crippen LogP contribution in [-0.4, -0.2) is 21.2 Å². The first kappa shape index (κ1) is 16.5. The normalized spacial score (nSPS) is 12.9. The first-order valence-electron chi connectivity index (χ1n) is 7.67. The van der Waals surface area contributed by atoms with Gasteiger partial charge in [-0.15, -0.1) is 0 Å². The predicted molar refractivity (Wildman–Crippen MR) is 103 cm³/mol. The van der Waals surface area contributed by atoms with E-state index in [1.807, 2.05) is 30.5 Å². The predicted octanol–water partition coefficient (Wildman–Crippen LogP) is 5.21. The molecule has 0 atom stereocenters. The number of halogens is 2. The zero-order valence-corrected chi connectivity index (χ0v) is 15.3. The van der Waals surface area contributed by atoms with E-state index in [-0.39, 0.29) is 5.91 Å². The average molecular weight is 390 g/mol. The Morgan fingerprint density at radius 3 is 2.88 bits per heavy atom. The first-order valence-corrected chi connectivity index (χ1v) is 9.41. The number of carbonyl (C=O) groups excluding carboxylic acids is 1. The Labute approximate surface area is 159 Å². The molecule has 0 bridgehead atoms. The maximum atomic E-state index is 12.4. The highest BCUT2D eigenvalue weighted by Crippen LogP contribution is 2.30. The topological polar surface area (TPSA) is 46.9 Å². The van der Waals surface area contributed by atoms with Crippen LogP contribution in [0, 0.1) is 0 Å². The molecule has 0 unspecified atom stereocenters. The summed E-state index contributed by atoms with van der Waals surface area (Å²) >= 11 is 13.7. The smallest absolute Gasteiger partial charge is 0.257 e. The zero-order valence-electron chi connectivity index (χ0n) is 13.0. The molecule has 7 heteroatoms. The summed E-state index contributed by atoms with van der Waals surface area (Å²) in [5.74, 6) is 0.794. The molecule has 25 heavy (non-hydrogen) atoms.